The first-order valence-corrected chi connectivity index (χ1v) is 11.1. The third-order valence-corrected chi connectivity index (χ3v) is 5.80. The summed E-state index contributed by atoms with van der Waals surface area (Å²) in [5.74, 6) is -0.0280. The first kappa shape index (κ1) is 19.9. The molecule has 0 aliphatic heterocycles. The predicted octanol–water partition coefficient (Wildman–Crippen LogP) is 2.83. The molecule has 132 valence electrons. The van der Waals surface area contributed by atoms with Gasteiger partial charge in [-0.05, 0) is 18.6 Å². The molecule has 0 amide bonds. The summed E-state index contributed by atoms with van der Waals surface area (Å²) >= 11 is 0. The Labute approximate surface area is 139 Å². The van der Waals surface area contributed by atoms with Crippen LogP contribution in [0.2, 0.25) is 0 Å². The van der Waals surface area contributed by atoms with Crippen molar-refractivity contribution >= 4 is 25.7 Å². The summed E-state index contributed by atoms with van der Waals surface area (Å²) in [7, 11) is -7.56. The number of unbranched alkanes of at least 4 members (excludes halogenated alkanes) is 6. The molecule has 0 bridgehead atoms. The van der Waals surface area contributed by atoms with Gasteiger partial charge in [-0.25, -0.2) is 22.0 Å². The summed E-state index contributed by atoms with van der Waals surface area (Å²) in [6, 6.07) is 5.72. The molecular weight excluding hydrogens is 336 g/mol. The van der Waals surface area contributed by atoms with E-state index in [1.54, 1.807) is 6.07 Å². The summed E-state index contributed by atoms with van der Waals surface area (Å²) < 4.78 is 49.4. The van der Waals surface area contributed by atoms with Crippen LogP contribution in [0, 0.1) is 0 Å². The summed E-state index contributed by atoms with van der Waals surface area (Å²) in [5, 5.41) is 5.09. The molecule has 1 rings (SSSR count). The average molecular weight is 363 g/mol. The molecule has 1 aromatic rings. The Bertz CT molecular complexity index is 685. The molecule has 0 heterocycles. The van der Waals surface area contributed by atoms with Gasteiger partial charge >= 0.3 is 0 Å². The van der Waals surface area contributed by atoms with Crippen LogP contribution in [0.5, 0.6) is 0 Å². The van der Waals surface area contributed by atoms with E-state index in [1.165, 1.54) is 37.5 Å². The van der Waals surface area contributed by atoms with E-state index in [0.717, 1.165) is 19.3 Å². The Balaban J connectivity index is 2.53. The van der Waals surface area contributed by atoms with Crippen LogP contribution in [0.3, 0.4) is 0 Å². The van der Waals surface area contributed by atoms with Crippen molar-refractivity contribution in [2.24, 2.45) is 5.14 Å². The lowest BCUT2D eigenvalue weighted by Crippen LogP contribution is -2.20. The van der Waals surface area contributed by atoms with E-state index in [2.05, 4.69) is 11.6 Å². The van der Waals surface area contributed by atoms with Crippen LogP contribution in [-0.2, 0) is 20.0 Å². The fourth-order valence-electron chi connectivity index (χ4n) is 2.27. The third kappa shape index (κ3) is 7.81. The lowest BCUT2D eigenvalue weighted by molar-refractivity contribution is 0.582. The van der Waals surface area contributed by atoms with Gasteiger partial charge in [0.1, 0.15) is 4.90 Å². The second-order valence-corrected chi connectivity index (χ2v) is 8.96. The summed E-state index contributed by atoms with van der Waals surface area (Å²) in [6.07, 6.45) is 7.12. The Morgan fingerprint density at radius 2 is 1.48 bits per heavy atom. The Kier molecular flexibility index (Phi) is 8.01. The molecule has 0 aromatic heterocycles. The molecule has 0 aliphatic carbocycles. The highest BCUT2D eigenvalue weighted by molar-refractivity contribution is 7.93. The van der Waals surface area contributed by atoms with Crippen LogP contribution < -0.4 is 9.86 Å². The Morgan fingerprint density at radius 1 is 0.913 bits per heavy atom. The Morgan fingerprint density at radius 3 is 2.09 bits per heavy atom. The Hall–Kier alpha value is -1.12. The van der Waals surface area contributed by atoms with Gasteiger partial charge in [0, 0.05) is 0 Å². The molecular formula is C15H26N2O4S2. The molecule has 0 saturated carbocycles. The van der Waals surface area contributed by atoms with E-state index in [9.17, 15) is 16.8 Å². The van der Waals surface area contributed by atoms with Gasteiger partial charge in [0.15, 0.2) is 0 Å². The third-order valence-electron chi connectivity index (χ3n) is 3.48. The van der Waals surface area contributed by atoms with Gasteiger partial charge < -0.3 is 0 Å². The highest BCUT2D eigenvalue weighted by Crippen LogP contribution is 2.21. The van der Waals surface area contributed by atoms with E-state index in [0.29, 0.717) is 6.42 Å². The summed E-state index contributed by atoms with van der Waals surface area (Å²) in [6.45, 7) is 2.15. The number of nitrogens with one attached hydrogen (secondary N) is 1. The highest BCUT2D eigenvalue weighted by Gasteiger charge is 2.17. The molecule has 8 heteroatoms. The number of nitrogens with two attached hydrogens (primary N) is 1. The summed E-state index contributed by atoms with van der Waals surface area (Å²) in [5.41, 5.74) is -0.00190. The molecule has 1 aromatic carbocycles. The van der Waals surface area contributed by atoms with Crippen LogP contribution in [0.25, 0.3) is 0 Å². The maximum absolute atomic E-state index is 12.1. The van der Waals surface area contributed by atoms with Crippen LogP contribution in [0.1, 0.15) is 51.9 Å². The van der Waals surface area contributed by atoms with E-state index in [1.807, 2.05) is 0 Å². The average Bonchev–Trinajstić information content (AvgIpc) is 2.45. The number of sulfonamides is 2. The number of anilines is 1. The molecule has 6 nitrogen and oxygen atoms in total. The number of hydrogen-bond acceptors (Lipinski definition) is 4. The fourth-order valence-corrected chi connectivity index (χ4v) is 4.22. The number of para-hydroxylation sites is 1. The molecule has 0 aliphatic rings. The minimum Gasteiger partial charge on any atom is -0.282 e. The zero-order valence-electron chi connectivity index (χ0n) is 13.5. The fraction of sp³-hybridized carbons (Fsp3) is 0.600. The van der Waals surface area contributed by atoms with Crippen LogP contribution in [-0.4, -0.2) is 22.6 Å². The van der Waals surface area contributed by atoms with Crippen molar-refractivity contribution in [1.82, 2.24) is 0 Å². The van der Waals surface area contributed by atoms with Crippen LogP contribution >= 0.6 is 0 Å². The minimum atomic E-state index is -3.97. The first-order chi connectivity index (χ1) is 10.8. The molecule has 0 fully saturated rings. The standard InChI is InChI=1S/C15H26N2O4S2/c1-2-3-4-5-6-7-10-13-22(18,19)17-14-11-8-9-12-15(14)23(16,20)21/h8-9,11-12,17H,2-7,10,13H2,1H3,(H2,16,20,21). The van der Waals surface area contributed by atoms with E-state index in [-0.39, 0.29) is 16.3 Å². The van der Waals surface area contributed by atoms with Crippen LogP contribution in [0.15, 0.2) is 29.2 Å². The van der Waals surface area contributed by atoms with Gasteiger partial charge in [-0.2, -0.15) is 0 Å². The molecule has 0 radical (unpaired) electrons. The smallest absolute Gasteiger partial charge is 0.240 e. The first-order valence-electron chi connectivity index (χ1n) is 7.88. The van der Waals surface area contributed by atoms with Gasteiger partial charge in [0.05, 0.1) is 11.4 Å². The second kappa shape index (κ2) is 9.24. The molecule has 0 saturated heterocycles. The highest BCUT2D eigenvalue weighted by atomic mass is 32.2. The van der Waals surface area contributed by atoms with E-state index < -0.39 is 20.0 Å². The molecule has 3 N–H and O–H groups in total. The van der Waals surface area contributed by atoms with Crippen LogP contribution in [0.4, 0.5) is 5.69 Å². The number of benzene rings is 1. The quantitative estimate of drug-likeness (QED) is 0.590. The van der Waals surface area contributed by atoms with Crippen molar-refractivity contribution in [3.63, 3.8) is 0 Å². The molecule has 0 spiro atoms. The molecule has 23 heavy (non-hydrogen) atoms. The molecule has 0 unspecified atom stereocenters. The number of hydrogen-bond donors (Lipinski definition) is 2. The summed E-state index contributed by atoms with van der Waals surface area (Å²) in [4.78, 5) is -0.219. The maximum Gasteiger partial charge on any atom is 0.240 e. The van der Waals surface area contributed by atoms with Gasteiger partial charge in [-0.15, -0.1) is 0 Å². The number of rotatable bonds is 11. The van der Waals surface area contributed by atoms with Crippen molar-refractivity contribution in [3.8, 4) is 0 Å². The van der Waals surface area contributed by atoms with Crippen molar-refractivity contribution in [1.29, 1.82) is 0 Å². The van der Waals surface area contributed by atoms with Gasteiger partial charge in [0.25, 0.3) is 0 Å². The lowest BCUT2D eigenvalue weighted by atomic mass is 10.1. The minimum absolute atomic E-state index is 0.00190. The normalized spacial score (nSPS) is 12.3. The second-order valence-electron chi connectivity index (χ2n) is 5.58. The lowest BCUT2D eigenvalue weighted by Gasteiger charge is -2.11. The van der Waals surface area contributed by atoms with E-state index in [4.69, 9.17) is 5.14 Å². The predicted molar refractivity (Wildman–Crippen MR) is 93.2 cm³/mol. The van der Waals surface area contributed by atoms with Crippen molar-refractivity contribution < 1.29 is 16.8 Å². The zero-order valence-corrected chi connectivity index (χ0v) is 15.1. The van der Waals surface area contributed by atoms with Gasteiger partial charge in [0.2, 0.25) is 20.0 Å². The topological polar surface area (TPSA) is 106 Å². The van der Waals surface area contributed by atoms with E-state index >= 15 is 0 Å². The van der Waals surface area contributed by atoms with Crippen molar-refractivity contribution in [2.45, 2.75) is 56.8 Å². The largest absolute Gasteiger partial charge is 0.282 e. The number of primary sulfonamides is 1. The zero-order chi connectivity index (χ0) is 17.3. The maximum atomic E-state index is 12.1. The molecule has 0 atom stereocenters. The van der Waals surface area contributed by atoms with Gasteiger partial charge in [-0.1, -0.05) is 57.6 Å². The SMILES string of the molecule is CCCCCCCCCS(=O)(=O)Nc1ccccc1S(N)(=O)=O. The van der Waals surface area contributed by atoms with Gasteiger partial charge in [-0.3, -0.25) is 4.72 Å². The van der Waals surface area contributed by atoms with Crippen molar-refractivity contribution in [3.05, 3.63) is 24.3 Å². The van der Waals surface area contributed by atoms with Crippen molar-refractivity contribution in [2.75, 3.05) is 10.5 Å². The monoisotopic (exact) mass is 362 g/mol.